The molecular weight excluding hydrogens is 272 g/mol. The van der Waals surface area contributed by atoms with Crippen molar-refractivity contribution >= 4 is 29.3 Å². The highest BCUT2D eigenvalue weighted by molar-refractivity contribution is 8.07. The standard InChI is InChI=1S/C16H22OS2/c1-2-15-16(19-12-11-18-15)14(17)10-6-9-13-7-4-3-5-8-13/h3-5,7-8,15-16H,2,6,9-12H2,1H3. The van der Waals surface area contributed by atoms with Crippen molar-refractivity contribution in [3.05, 3.63) is 35.9 Å². The molecule has 3 heteroatoms. The number of hydrogen-bond donors (Lipinski definition) is 0. The minimum absolute atomic E-state index is 0.250. The predicted molar refractivity (Wildman–Crippen MR) is 87.2 cm³/mol. The van der Waals surface area contributed by atoms with Crippen molar-refractivity contribution in [2.45, 2.75) is 43.1 Å². The molecule has 1 aliphatic rings. The van der Waals surface area contributed by atoms with E-state index in [1.165, 1.54) is 11.3 Å². The van der Waals surface area contributed by atoms with Gasteiger partial charge in [-0.05, 0) is 24.8 Å². The van der Waals surface area contributed by atoms with Gasteiger partial charge in [-0.2, -0.15) is 11.8 Å². The third kappa shape index (κ3) is 4.57. The second-order valence-electron chi connectivity index (χ2n) is 4.91. The van der Waals surface area contributed by atoms with Gasteiger partial charge in [0.05, 0.1) is 5.25 Å². The van der Waals surface area contributed by atoms with Crippen LogP contribution in [0.4, 0.5) is 0 Å². The maximum absolute atomic E-state index is 12.3. The molecular formula is C16H22OS2. The van der Waals surface area contributed by atoms with Crippen LogP contribution in [-0.2, 0) is 11.2 Å². The number of Topliss-reactive ketones (excluding diaryl/α,β-unsaturated/α-hetero) is 1. The average molecular weight is 294 g/mol. The van der Waals surface area contributed by atoms with E-state index < -0.39 is 0 Å². The highest BCUT2D eigenvalue weighted by Gasteiger charge is 2.30. The second-order valence-corrected chi connectivity index (χ2v) is 7.51. The minimum atomic E-state index is 0.250. The Morgan fingerprint density at radius 2 is 1.95 bits per heavy atom. The Hall–Kier alpha value is -0.410. The van der Waals surface area contributed by atoms with Gasteiger partial charge >= 0.3 is 0 Å². The molecule has 1 fully saturated rings. The summed E-state index contributed by atoms with van der Waals surface area (Å²) < 4.78 is 0. The van der Waals surface area contributed by atoms with Gasteiger partial charge < -0.3 is 0 Å². The number of thioether (sulfide) groups is 2. The number of carbonyl (C=O) groups excluding carboxylic acids is 1. The van der Waals surface area contributed by atoms with E-state index >= 15 is 0 Å². The Kier molecular flexibility index (Phi) is 6.32. The highest BCUT2D eigenvalue weighted by atomic mass is 32.2. The van der Waals surface area contributed by atoms with Gasteiger partial charge in [0.1, 0.15) is 5.78 Å². The Morgan fingerprint density at radius 1 is 1.21 bits per heavy atom. The summed E-state index contributed by atoms with van der Waals surface area (Å²) in [6.45, 7) is 2.20. The summed E-state index contributed by atoms with van der Waals surface area (Å²) in [5.41, 5.74) is 1.34. The van der Waals surface area contributed by atoms with Crippen molar-refractivity contribution < 1.29 is 4.79 Å². The molecule has 0 N–H and O–H groups in total. The van der Waals surface area contributed by atoms with Gasteiger partial charge in [-0.25, -0.2) is 0 Å². The molecule has 19 heavy (non-hydrogen) atoms. The lowest BCUT2D eigenvalue weighted by Gasteiger charge is -2.28. The lowest BCUT2D eigenvalue weighted by molar-refractivity contribution is -0.118. The minimum Gasteiger partial charge on any atom is -0.298 e. The van der Waals surface area contributed by atoms with Crippen LogP contribution in [0.15, 0.2) is 30.3 Å². The van der Waals surface area contributed by atoms with Crippen LogP contribution in [-0.4, -0.2) is 27.8 Å². The smallest absolute Gasteiger partial charge is 0.146 e. The molecule has 2 unspecified atom stereocenters. The van der Waals surface area contributed by atoms with Gasteiger partial charge in [0.15, 0.2) is 0 Å². The van der Waals surface area contributed by atoms with E-state index in [1.54, 1.807) is 0 Å². The van der Waals surface area contributed by atoms with Gasteiger partial charge in [-0.3, -0.25) is 4.79 Å². The molecule has 1 nitrogen and oxygen atoms in total. The fourth-order valence-electron chi connectivity index (χ4n) is 2.46. The quantitative estimate of drug-likeness (QED) is 0.782. The summed E-state index contributed by atoms with van der Waals surface area (Å²) in [6.07, 6.45) is 3.87. The third-order valence-electron chi connectivity index (χ3n) is 3.50. The van der Waals surface area contributed by atoms with Crippen LogP contribution in [0.5, 0.6) is 0 Å². The molecule has 0 saturated carbocycles. The Labute approximate surface area is 124 Å². The molecule has 1 aromatic carbocycles. The van der Waals surface area contributed by atoms with Crippen LogP contribution in [0.2, 0.25) is 0 Å². The fourth-order valence-corrected chi connectivity index (χ4v) is 5.53. The van der Waals surface area contributed by atoms with Crippen LogP contribution in [0.25, 0.3) is 0 Å². The average Bonchev–Trinajstić information content (AvgIpc) is 2.48. The molecule has 1 aliphatic heterocycles. The van der Waals surface area contributed by atoms with E-state index in [0.29, 0.717) is 11.0 Å². The SMILES string of the molecule is CCC1SCCSC1C(=O)CCCc1ccccc1. The molecule has 0 radical (unpaired) electrons. The number of aryl methyl sites for hydroxylation is 1. The lowest BCUT2D eigenvalue weighted by atomic mass is 10.0. The Bertz CT molecular complexity index is 391. The van der Waals surface area contributed by atoms with Crippen molar-refractivity contribution in [3.63, 3.8) is 0 Å². The summed E-state index contributed by atoms with van der Waals surface area (Å²) >= 11 is 3.87. The third-order valence-corrected chi connectivity index (χ3v) is 6.80. The summed E-state index contributed by atoms with van der Waals surface area (Å²) in [5.74, 6) is 2.81. The predicted octanol–water partition coefficient (Wildman–Crippen LogP) is 4.21. The summed E-state index contributed by atoms with van der Waals surface area (Å²) in [6, 6.07) is 10.5. The van der Waals surface area contributed by atoms with Crippen LogP contribution in [0, 0.1) is 0 Å². The molecule has 1 saturated heterocycles. The molecule has 2 rings (SSSR count). The topological polar surface area (TPSA) is 17.1 Å². The molecule has 2 atom stereocenters. The number of carbonyl (C=O) groups is 1. The van der Waals surface area contributed by atoms with Crippen molar-refractivity contribution in [1.82, 2.24) is 0 Å². The first-order chi connectivity index (χ1) is 9.31. The first kappa shape index (κ1) is 15.0. The van der Waals surface area contributed by atoms with E-state index in [2.05, 4.69) is 31.2 Å². The maximum Gasteiger partial charge on any atom is 0.146 e. The Morgan fingerprint density at radius 3 is 2.68 bits per heavy atom. The van der Waals surface area contributed by atoms with Gasteiger partial charge in [-0.1, -0.05) is 37.3 Å². The summed E-state index contributed by atoms with van der Waals surface area (Å²) in [7, 11) is 0. The van der Waals surface area contributed by atoms with Gasteiger partial charge in [0.2, 0.25) is 0 Å². The van der Waals surface area contributed by atoms with Crippen LogP contribution < -0.4 is 0 Å². The van der Waals surface area contributed by atoms with Crippen molar-refractivity contribution in [2.75, 3.05) is 11.5 Å². The summed E-state index contributed by atoms with van der Waals surface area (Å²) in [4.78, 5) is 12.3. The zero-order valence-corrected chi connectivity index (χ0v) is 13.1. The first-order valence-electron chi connectivity index (χ1n) is 7.11. The number of ketones is 1. The van der Waals surface area contributed by atoms with Crippen LogP contribution in [0.3, 0.4) is 0 Å². The van der Waals surface area contributed by atoms with Crippen LogP contribution >= 0.6 is 23.5 Å². The van der Waals surface area contributed by atoms with E-state index in [0.717, 1.165) is 31.4 Å². The normalized spacial score (nSPS) is 23.2. The zero-order chi connectivity index (χ0) is 13.5. The molecule has 0 amide bonds. The molecule has 1 aromatic rings. The number of hydrogen-bond acceptors (Lipinski definition) is 3. The fraction of sp³-hybridized carbons (Fsp3) is 0.562. The van der Waals surface area contributed by atoms with Gasteiger partial charge in [0, 0.05) is 23.2 Å². The van der Waals surface area contributed by atoms with Crippen LogP contribution in [0.1, 0.15) is 31.7 Å². The lowest BCUT2D eigenvalue weighted by Crippen LogP contribution is -2.32. The van der Waals surface area contributed by atoms with E-state index in [4.69, 9.17) is 0 Å². The van der Waals surface area contributed by atoms with Crippen molar-refractivity contribution in [3.8, 4) is 0 Å². The molecule has 0 aliphatic carbocycles. The monoisotopic (exact) mass is 294 g/mol. The zero-order valence-electron chi connectivity index (χ0n) is 11.5. The van der Waals surface area contributed by atoms with Crippen molar-refractivity contribution in [2.24, 2.45) is 0 Å². The molecule has 104 valence electrons. The first-order valence-corrected chi connectivity index (χ1v) is 9.21. The maximum atomic E-state index is 12.3. The molecule has 1 heterocycles. The summed E-state index contributed by atoms with van der Waals surface area (Å²) in [5, 5.41) is 0.794. The molecule has 0 bridgehead atoms. The van der Waals surface area contributed by atoms with E-state index in [-0.39, 0.29) is 5.25 Å². The van der Waals surface area contributed by atoms with E-state index in [1.807, 2.05) is 29.6 Å². The number of rotatable bonds is 6. The van der Waals surface area contributed by atoms with Crippen molar-refractivity contribution in [1.29, 1.82) is 0 Å². The van der Waals surface area contributed by atoms with Gasteiger partial charge in [-0.15, -0.1) is 11.8 Å². The molecule has 0 spiro atoms. The molecule has 0 aromatic heterocycles. The van der Waals surface area contributed by atoms with E-state index in [9.17, 15) is 4.79 Å². The largest absolute Gasteiger partial charge is 0.298 e. The van der Waals surface area contributed by atoms with Gasteiger partial charge in [0.25, 0.3) is 0 Å². The Balaban J connectivity index is 1.77. The highest BCUT2D eigenvalue weighted by Crippen LogP contribution is 2.34. The number of benzene rings is 1. The second kappa shape index (κ2) is 8.01.